The minimum absolute atomic E-state index is 0.0514. The van der Waals surface area contributed by atoms with Crippen molar-refractivity contribution in [1.29, 1.82) is 0 Å². The average Bonchev–Trinajstić information content (AvgIpc) is 3.17. The lowest BCUT2D eigenvalue weighted by atomic mass is 10.2. The van der Waals surface area contributed by atoms with Gasteiger partial charge in [0, 0.05) is 24.9 Å². The highest BCUT2D eigenvalue weighted by Crippen LogP contribution is 2.31. The van der Waals surface area contributed by atoms with Gasteiger partial charge >= 0.3 is 12.0 Å². The molecule has 3 heterocycles. The second-order valence-electron chi connectivity index (χ2n) is 6.11. The van der Waals surface area contributed by atoms with Crippen molar-refractivity contribution in [1.82, 2.24) is 14.7 Å². The molecule has 0 aliphatic carbocycles. The van der Waals surface area contributed by atoms with Crippen molar-refractivity contribution >= 4 is 23.8 Å². The quantitative estimate of drug-likeness (QED) is 0.828. The van der Waals surface area contributed by atoms with Gasteiger partial charge in [-0.3, -0.25) is 9.80 Å². The van der Waals surface area contributed by atoms with Gasteiger partial charge in [0.2, 0.25) is 0 Å². The summed E-state index contributed by atoms with van der Waals surface area (Å²) in [7, 11) is 0. The summed E-state index contributed by atoms with van der Waals surface area (Å²) in [5.41, 5.74) is 0. The number of hydrogen-bond donors (Lipinski definition) is 1. The second kappa shape index (κ2) is 6.04. The third-order valence-electron chi connectivity index (χ3n) is 4.82. The number of carbonyl (C=O) groups is 2. The van der Waals surface area contributed by atoms with Gasteiger partial charge in [-0.2, -0.15) is 0 Å². The minimum atomic E-state index is -0.893. The van der Waals surface area contributed by atoms with E-state index in [2.05, 4.69) is 4.90 Å². The van der Waals surface area contributed by atoms with E-state index < -0.39 is 12.0 Å². The topological polar surface area (TPSA) is 64.1 Å². The van der Waals surface area contributed by atoms with Crippen LogP contribution in [0.3, 0.4) is 0 Å². The fourth-order valence-corrected chi connectivity index (χ4v) is 4.77. The van der Waals surface area contributed by atoms with Gasteiger partial charge < -0.3 is 10.0 Å². The second-order valence-corrected chi connectivity index (χ2v) is 7.46. The number of amides is 2. The van der Waals surface area contributed by atoms with Gasteiger partial charge in [0.1, 0.15) is 6.04 Å². The van der Waals surface area contributed by atoms with Gasteiger partial charge in [0.05, 0.1) is 5.37 Å². The number of likely N-dealkylation sites (tertiary alicyclic amines) is 2. The number of carboxylic acids is 1. The number of rotatable bonds is 2. The SMILES string of the molecule is CC1SCC(C(=O)O)N1C(=O)N1CCC(N2CCCC2)C1. The summed E-state index contributed by atoms with van der Waals surface area (Å²) in [6.07, 6.45) is 3.52. The Hall–Kier alpha value is -0.950. The molecule has 0 aromatic heterocycles. The summed E-state index contributed by atoms with van der Waals surface area (Å²) >= 11 is 1.54. The number of hydrogen-bond acceptors (Lipinski definition) is 4. The van der Waals surface area contributed by atoms with Crippen molar-refractivity contribution < 1.29 is 14.7 Å². The van der Waals surface area contributed by atoms with E-state index in [9.17, 15) is 14.7 Å². The highest BCUT2D eigenvalue weighted by atomic mass is 32.2. The third-order valence-corrected chi connectivity index (χ3v) is 6.04. The van der Waals surface area contributed by atoms with Crippen molar-refractivity contribution in [3.05, 3.63) is 0 Å². The number of urea groups is 1. The standard InChI is InChI=1S/C14H23N3O3S/c1-10-17(12(9-21-10)13(18)19)14(20)16-7-4-11(8-16)15-5-2-3-6-15/h10-12H,2-9H2,1H3,(H,18,19). The predicted octanol–water partition coefficient (Wildman–Crippen LogP) is 1.12. The molecule has 21 heavy (non-hydrogen) atoms. The predicted molar refractivity (Wildman–Crippen MR) is 81.4 cm³/mol. The van der Waals surface area contributed by atoms with Crippen molar-refractivity contribution in [3.63, 3.8) is 0 Å². The number of thioether (sulfide) groups is 1. The molecule has 2 amide bonds. The molecule has 7 heteroatoms. The van der Waals surface area contributed by atoms with Gasteiger partial charge in [0.25, 0.3) is 0 Å². The summed E-state index contributed by atoms with van der Waals surface area (Å²) in [5.74, 6) is -0.401. The summed E-state index contributed by atoms with van der Waals surface area (Å²) in [6.45, 7) is 5.69. The van der Waals surface area contributed by atoms with E-state index in [1.807, 2.05) is 11.8 Å². The minimum Gasteiger partial charge on any atom is -0.480 e. The first-order chi connectivity index (χ1) is 10.1. The molecule has 6 nitrogen and oxygen atoms in total. The Morgan fingerprint density at radius 1 is 1.19 bits per heavy atom. The van der Waals surface area contributed by atoms with Crippen LogP contribution >= 0.6 is 11.8 Å². The monoisotopic (exact) mass is 313 g/mol. The zero-order valence-corrected chi connectivity index (χ0v) is 13.2. The summed E-state index contributed by atoms with van der Waals surface area (Å²) in [5, 5.41) is 9.23. The normalized spacial score (nSPS) is 33.9. The van der Waals surface area contributed by atoms with Gasteiger partial charge in [-0.25, -0.2) is 9.59 Å². The Labute approximate surface area is 129 Å². The molecule has 3 unspecified atom stereocenters. The molecule has 3 saturated heterocycles. The van der Waals surface area contributed by atoms with Crippen LogP contribution in [0.1, 0.15) is 26.2 Å². The Morgan fingerprint density at radius 3 is 2.57 bits per heavy atom. The first-order valence-electron chi connectivity index (χ1n) is 7.73. The van der Waals surface area contributed by atoms with Crippen LogP contribution in [0.2, 0.25) is 0 Å². The third kappa shape index (κ3) is 2.85. The highest BCUT2D eigenvalue weighted by Gasteiger charge is 2.43. The number of nitrogens with zero attached hydrogens (tertiary/aromatic N) is 3. The fourth-order valence-electron chi connectivity index (χ4n) is 3.61. The molecule has 3 fully saturated rings. The molecule has 0 aromatic carbocycles. The summed E-state index contributed by atoms with van der Waals surface area (Å²) in [6, 6.07) is -0.310. The number of aliphatic carboxylic acids is 1. The molecule has 118 valence electrons. The van der Waals surface area contributed by atoms with E-state index in [4.69, 9.17) is 0 Å². The van der Waals surface area contributed by atoms with E-state index in [0.717, 1.165) is 32.6 Å². The summed E-state index contributed by atoms with van der Waals surface area (Å²) < 4.78 is 0. The van der Waals surface area contributed by atoms with Gasteiger partial charge in [-0.1, -0.05) is 0 Å². The zero-order chi connectivity index (χ0) is 15.0. The van der Waals surface area contributed by atoms with Crippen LogP contribution in [-0.4, -0.2) is 81.2 Å². The molecular formula is C14H23N3O3S. The lowest BCUT2D eigenvalue weighted by Crippen LogP contribution is -2.51. The molecule has 0 radical (unpaired) electrons. The molecule has 3 atom stereocenters. The van der Waals surface area contributed by atoms with Crippen molar-refractivity contribution in [2.75, 3.05) is 31.9 Å². The van der Waals surface area contributed by atoms with E-state index in [1.165, 1.54) is 12.8 Å². The molecule has 0 aromatic rings. The molecule has 1 N–H and O–H groups in total. The Balaban J connectivity index is 1.63. The largest absolute Gasteiger partial charge is 0.480 e. The van der Waals surface area contributed by atoms with E-state index >= 15 is 0 Å². The van der Waals surface area contributed by atoms with E-state index in [-0.39, 0.29) is 11.4 Å². The van der Waals surface area contributed by atoms with E-state index in [0.29, 0.717) is 11.8 Å². The smallest absolute Gasteiger partial charge is 0.327 e. The van der Waals surface area contributed by atoms with Gasteiger partial charge in [-0.05, 0) is 39.3 Å². The van der Waals surface area contributed by atoms with Crippen LogP contribution in [0.5, 0.6) is 0 Å². The average molecular weight is 313 g/mol. The maximum Gasteiger partial charge on any atom is 0.327 e. The lowest BCUT2D eigenvalue weighted by Gasteiger charge is -2.30. The fraction of sp³-hybridized carbons (Fsp3) is 0.857. The molecule has 3 rings (SSSR count). The molecule has 0 bridgehead atoms. The maximum atomic E-state index is 12.7. The highest BCUT2D eigenvalue weighted by molar-refractivity contribution is 8.00. The van der Waals surface area contributed by atoms with Crippen molar-refractivity contribution in [2.45, 2.75) is 43.6 Å². The first-order valence-corrected chi connectivity index (χ1v) is 8.78. The molecule has 0 saturated carbocycles. The summed E-state index contributed by atoms with van der Waals surface area (Å²) in [4.78, 5) is 29.9. The number of carboxylic acid groups (broad SMARTS) is 1. The van der Waals surface area contributed by atoms with E-state index in [1.54, 1.807) is 16.7 Å². The Kier molecular flexibility index (Phi) is 4.31. The van der Waals surface area contributed by atoms with Gasteiger partial charge in [0.15, 0.2) is 0 Å². The van der Waals surface area contributed by atoms with Crippen LogP contribution < -0.4 is 0 Å². The van der Waals surface area contributed by atoms with Crippen molar-refractivity contribution in [2.24, 2.45) is 0 Å². The first kappa shape index (κ1) is 15.0. The van der Waals surface area contributed by atoms with Crippen molar-refractivity contribution in [3.8, 4) is 0 Å². The Morgan fingerprint density at radius 2 is 1.90 bits per heavy atom. The zero-order valence-electron chi connectivity index (χ0n) is 12.4. The van der Waals surface area contributed by atoms with Crippen LogP contribution in [-0.2, 0) is 4.79 Å². The molecular weight excluding hydrogens is 290 g/mol. The molecule has 0 spiro atoms. The molecule has 3 aliphatic heterocycles. The Bertz CT molecular complexity index is 428. The van der Waals surface area contributed by atoms with Gasteiger partial charge in [-0.15, -0.1) is 11.8 Å². The maximum absolute atomic E-state index is 12.7. The molecule has 3 aliphatic rings. The number of carbonyl (C=O) groups excluding carboxylic acids is 1. The van der Waals surface area contributed by atoms with Crippen LogP contribution in [0, 0.1) is 0 Å². The lowest BCUT2D eigenvalue weighted by molar-refractivity contribution is -0.141. The van der Waals surface area contributed by atoms with Crippen LogP contribution in [0.15, 0.2) is 0 Å². The van der Waals surface area contributed by atoms with Crippen LogP contribution in [0.25, 0.3) is 0 Å². The van der Waals surface area contributed by atoms with Crippen LogP contribution in [0.4, 0.5) is 4.79 Å².